The fourth-order valence-electron chi connectivity index (χ4n) is 2.21. The lowest BCUT2D eigenvalue weighted by Crippen LogP contribution is -2.24. The first-order valence-electron chi connectivity index (χ1n) is 6.47. The summed E-state index contributed by atoms with van der Waals surface area (Å²) in [5, 5.41) is 3.99. The lowest BCUT2D eigenvalue weighted by atomic mass is 10.0. The van der Waals surface area contributed by atoms with Gasteiger partial charge in [0.25, 0.3) is 0 Å². The van der Waals surface area contributed by atoms with Crippen molar-refractivity contribution in [2.45, 2.75) is 12.8 Å². The maximum absolute atomic E-state index is 6.23. The summed E-state index contributed by atoms with van der Waals surface area (Å²) in [6, 6.07) is 3.63. The number of ether oxygens (including phenoxy) is 3. The highest BCUT2D eigenvalue weighted by Gasteiger charge is 2.15. The van der Waals surface area contributed by atoms with E-state index in [0.717, 1.165) is 31.9 Å². The monoisotopic (exact) mass is 285 g/mol. The molecule has 0 spiro atoms. The summed E-state index contributed by atoms with van der Waals surface area (Å²) in [6.45, 7) is 2.56. The summed E-state index contributed by atoms with van der Waals surface area (Å²) in [7, 11) is 3.21. The van der Waals surface area contributed by atoms with E-state index < -0.39 is 0 Å². The van der Waals surface area contributed by atoms with Crippen LogP contribution in [0.1, 0.15) is 12.8 Å². The Hall–Kier alpha value is -1.13. The van der Waals surface area contributed by atoms with Crippen LogP contribution in [0.4, 0.5) is 5.69 Å². The highest BCUT2D eigenvalue weighted by Crippen LogP contribution is 2.36. The van der Waals surface area contributed by atoms with Crippen LogP contribution in [0.5, 0.6) is 11.5 Å². The third-order valence-electron chi connectivity index (χ3n) is 3.31. The van der Waals surface area contributed by atoms with Gasteiger partial charge < -0.3 is 19.5 Å². The number of hydrogen-bond acceptors (Lipinski definition) is 4. The molecule has 0 aliphatic carbocycles. The molecule has 106 valence electrons. The van der Waals surface area contributed by atoms with Crippen LogP contribution in [0.25, 0.3) is 0 Å². The first kappa shape index (κ1) is 14.3. The molecule has 1 heterocycles. The van der Waals surface area contributed by atoms with E-state index in [2.05, 4.69) is 5.32 Å². The highest BCUT2D eigenvalue weighted by atomic mass is 35.5. The molecule has 5 heteroatoms. The molecule has 1 aliphatic heterocycles. The van der Waals surface area contributed by atoms with E-state index in [-0.39, 0.29) is 0 Å². The maximum Gasteiger partial charge on any atom is 0.162 e. The van der Waals surface area contributed by atoms with Crippen LogP contribution in [-0.2, 0) is 4.74 Å². The summed E-state index contributed by atoms with van der Waals surface area (Å²) in [5.41, 5.74) is 0.866. The van der Waals surface area contributed by atoms with Crippen molar-refractivity contribution in [3.05, 3.63) is 17.2 Å². The Bertz CT molecular complexity index is 419. The number of nitrogens with one attached hydrogen (secondary N) is 1. The molecule has 1 aromatic carbocycles. The van der Waals surface area contributed by atoms with Crippen LogP contribution >= 0.6 is 11.6 Å². The van der Waals surface area contributed by atoms with Crippen LogP contribution in [0, 0.1) is 5.92 Å². The van der Waals surface area contributed by atoms with Gasteiger partial charge in [0, 0.05) is 25.3 Å². The summed E-state index contributed by atoms with van der Waals surface area (Å²) in [4.78, 5) is 0. The zero-order valence-electron chi connectivity index (χ0n) is 11.4. The van der Waals surface area contributed by atoms with Gasteiger partial charge in [0.05, 0.1) is 31.5 Å². The van der Waals surface area contributed by atoms with Crippen molar-refractivity contribution in [2.24, 2.45) is 5.92 Å². The van der Waals surface area contributed by atoms with Crippen LogP contribution in [0.3, 0.4) is 0 Å². The Kier molecular flexibility index (Phi) is 5.16. The number of halogens is 1. The molecule has 0 saturated carbocycles. The Morgan fingerprint density at radius 3 is 2.68 bits per heavy atom. The lowest BCUT2D eigenvalue weighted by molar-refractivity contribution is 0.0595. The first-order chi connectivity index (χ1) is 9.24. The van der Waals surface area contributed by atoms with E-state index in [9.17, 15) is 0 Å². The van der Waals surface area contributed by atoms with E-state index in [4.69, 9.17) is 25.8 Å². The van der Waals surface area contributed by atoms with Crippen molar-refractivity contribution in [3.63, 3.8) is 0 Å². The van der Waals surface area contributed by atoms with Crippen molar-refractivity contribution in [1.82, 2.24) is 0 Å². The SMILES string of the molecule is COc1cc(Cl)c(NCC2CCCOC2)cc1OC. The fourth-order valence-corrected chi connectivity index (χ4v) is 2.43. The minimum Gasteiger partial charge on any atom is -0.493 e. The molecule has 4 nitrogen and oxygen atoms in total. The molecule has 0 radical (unpaired) electrons. The van der Waals surface area contributed by atoms with Gasteiger partial charge in [-0.25, -0.2) is 0 Å². The Labute approximate surface area is 119 Å². The van der Waals surface area contributed by atoms with Gasteiger partial charge >= 0.3 is 0 Å². The first-order valence-corrected chi connectivity index (χ1v) is 6.85. The molecule has 0 bridgehead atoms. The number of anilines is 1. The van der Waals surface area contributed by atoms with Gasteiger partial charge in [-0.05, 0) is 18.8 Å². The van der Waals surface area contributed by atoms with Crippen molar-refractivity contribution in [1.29, 1.82) is 0 Å². The molecule has 1 saturated heterocycles. The van der Waals surface area contributed by atoms with E-state index in [1.807, 2.05) is 6.07 Å². The van der Waals surface area contributed by atoms with Crippen LogP contribution in [-0.4, -0.2) is 34.0 Å². The average Bonchev–Trinajstić information content (AvgIpc) is 2.46. The molecule has 1 aromatic rings. The van der Waals surface area contributed by atoms with E-state index in [1.54, 1.807) is 20.3 Å². The predicted octanol–water partition coefficient (Wildman–Crippen LogP) is 3.20. The van der Waals surface area contributed by atoms with Crippen molar-refractivity contribution < 1.29 is 14.2 Å². The molecule has 0 aromatic heterocycles. The summed E-state index contributed by atoms with van der Waals surface area (Å²) < 4.78 is 15.9. The smallest absolute Gasteiger partial charge is 0.162 e. The normalized spacial score (nSPS) is 19.0. The Balaban J connectivity index is 2.02. The summed E-state index contributed by atoms with van der Waals surface area (Å²) in [5.74, 6) is 1.85. The topological polar surface area (TPSA) is 39.7 Å². The van der Waals surface area contributed by atoms with E-state index >= 15 is 0 Å². The largest absolute Gasteiger partial charge is 0.493 e. The minimum atomic E-state index is 0.540. The number of benzene rings is 1. The zero-order chi connectivity index (χ0) is 13.7. The molecule has 1 atom stereocenters. The van der Waals surface area contributed by atoms with E-state index in [1.165, 1.54) is 6.42 Å². The summed E-state index contributed by atoms with van der Waals surface area (Å²) >= 11 is 6.23. The van der Waals surface area contributed by atoms with Gasteiger partial charge in [0.1, 0.15) is 0 Å². The van der Waals surface area contributed by atoms with Crippen molar-refractivity contribution >= 4 is 17.3 Å². The predicted molar refractivity (Wildman–Crippen MR) is 76.6 cm³/mol. The molecule has 0 amide bonds. The second kappa shape index (κ2) is 6.87. The minimum absolute atomic E-state index is 0.540. The third-order valence-corrected chi connectivity index (χ3v) is 3.62. The maximum atomic E-state index is 6.23. The number of methoxy groups -OCH3 is 2. The van der Waals surface area contributed by atoms with Gasteiger partial charge in [-0.2, -0.15) is 0 Å². The van der Waals surface area contributed by atoms with Gasteiger partial charge in [-0.3, -0.25) is 0 Å². The Morgan fingerprint density at radius 2 is 2.05 bits per heavy atom. The molecular formula is C14H20ClNO3. The number of rotatable bonds is 5. The van der Waals surface area contributed by atoms with Gasteiger partial charge in [0.2, 0.25) is 0 Å². The Morgan fingerprint density at radius 1 is 1.32 bits per heavy atom. The van der Waals surface area contributed by atoms with Crippen LogP contribution in [0.15, 0.2) is 12.1 Å². The number of hydrogen-bond donors (Lipinski definition) is 1. The van der Waals surface area contributed by atoms with Crippen molar-refractivity contribution in [3.8, 4) is 11.5 Å². The molecule has 1 N–H and O–H groups in total. The van der Waals surface area contributed by atoms with Crippen LogP contribution in [0.2, 0.25) is 5.02 Å². The lowest BCUT2D eigenvalue weighted by Gasteiger charge is -2.23. The molecule has 1 unspecified atom stereocenters. The molecule has 1 aliphatic rings. The fraction of sp³-hybridized carbons (Fsp3) is 0.571. The quantitative estimate of drug-likeness (QED) is 0.902. The van der Waals surface area contributed by atoms with Gasteiger partial charge in [0.15, 0.2) is 11.5 Å². The third kappa shape index (κ3) is 3.67. The molecule has 19 heavy (non-hydrogen) atoms. The van der Waals surface area contributed by atoms with Crippen LogP contribution < -0.4 is 14.8 Å². The second-order valence-corrected chi connectivity index (χ2v) is 5.06. The van der Waals surface area contributed by atoms with Crippen molar-refractivity contribution in [2.75, 3.05) is 39.3 Å². The molecule has 1 fully saturated rings. The standard InChI is InChI=1S/C14H20ClNO3/c1-17-13-6-11(15)12(7-14(13)18-2)16-8-10-4-3-5-19-9-10/h6-7,10,16H,3-5,8-9H2,1-2H3. The molecular weight excluding hydrogens is 266 g/mol. The molecule has 2 rings (SSSR count). The highest BCUT2D eigenvalue weighted by molar-refractivity contribution is 6.33. The average molecular weight is 286 g/mol. The second-order valence-electron chi connectivity index (χ2n) is 4.65. The zero-order valence-corrected chi connectivity index (χ0v) is 12.1. The van der Waals surface area contributed by atoms with Gasteiger partial charge in [-0.15, -0.1) is 0 Å². The van der Waals surface area contributed by atoms with E-state index in [0.29, 0.717) is 22.4 Å². The summed E-state index contributed by atoms with van der Waals surface area (Å²) in [6.07, 6.45) is 2.32. The van der Waals surface area contributed by atoms with Gasteiger partial charge in [-0.1, -0.05) is 11.6 Å².